The average molecular weight is 394 g/mol. The molecule has 0 spiro atoms. The van der Waals surface area contributed by atoms with Gasteiger partial charge in [-0.3, -0.25) is 4.79 Å². The number of fused-ring (bicyclic) bond motifs is 1. The number of para-hydroxylation sites is 1. The Morgan fingerprint density at radius 2 is 2.00 bits per heavy atom. The monoisotopic (exact) mass is 394 g/mol. The Kier molecular flexibility index (Phi) is 5.60. The van der Waals surface area contributed by atoms with Gasteiger partial charge in [0.1, 0.15) is 11.6 Å². The van der Waals surface area contributed by atoms with Gasteiger partial charge in [0.05, 0.1) is 18.8 Å². The van der Waals surface area contributed by atoms with Crippen molar-refractivity contribution < 1.29 is 18.4 Å². The van der Waals surface area contributed by atoms with Gasteiger partial charge in [-0.25, -0.2) is 4.39 Å². The summed E-state index contributed by atoms with van der Waals surface area (Å²) in [4.78, 5) is 14.5. The first kappa shape index (κ1) is 19.2. The van der Waals surface area contributed by atoms with Crippen molar-refractivity contribution in [2.24, 2.45) is 0 Å². The number of rotatable bonds is 6. The second-order valence-electron chi connectivity index (χ2n) is 7.23. The van der Waals surface area contributed by atoms with Gasteiger partial charge in [0.25, 0.3) is 0 Å². The van der Waals surface area contributed by atoms with Crippen LogP contribution in [-0.4, -0.2) is 29.1 Å². The van der Waals surface area contributed by atoms with Gasteiger partial charge in [0, 0.05) is 30.5 Å². The van der Waals surface area contributed by atoms with Crippen LogP contribution >= 0.6 is 0 Å². The van der Waals surface area contributed by atoms with Gasteiger partial charge >= 0.3 is 0 Å². The molecule has 1 aromatic heterocycles. The molecule has 5 nitrogen and oxygen atoms in total. The second-order valence-corrected chi connectivity index (χ2v) is 7.23. The summed E-state index contributed by atoms with van der Waals surface area (Å²) in [6, 6.07) is 14.0. The molecule has 0 N–H and O–H groups in total. The third-order valence-corrected chi connectivity index (χ3v) is 5.18. The van der Waals surface area contributed by atoms with Crippen LogP contribution in [0.4, 0.5) is 4.39 Å². The number of nitrogens with zero attached hydrogens (tertiary/aromatic N) is 2. The highest BCUT2D eigenvalue weighted by atomic mass is 19.1. The maximum Gasteiger partial charge on any atom is 0.223 e. The van der Waals surface area contributed by atoms with Crippen molar-refractivity contribution in [1.29, 1.82) is 0 Å². The smallest absolute Gasteiger partial charge is 0.223 e. The molecule has 6 heteroatoms. The fourth-order valence-electron chi connectivity index (χ4n) is 3.54. The highest BCUT2D eigenvalue weighted by molar-refractivity contribution is 5.77. The molecule has 4 rings (SSSR count). The molecule has 3 aromatic rings. The third-order valence-electron chi connectivity index (χ3n) is 5.18. The third kappa shape index (κ3) is 4.31. The van der Waals surface area contributed by atoms with Crippen LogP contribution in [0.5, 0.6) is 5.75 Å². The minimum atomic E-state index is -0.299. The Morgan fingerprint density at radius 3 is 2.79 bits per heavy atom. The number of carbonyl (C=O) groups excluding carboxylic acids is 1. The fraction of sp³-hybridized carbons (Fsp3) is 0.304. The number of hydrogen-bond acceptors (Lipinski definition) is 4. The number of aromatic nitrogens is 1. The summed E-state index contributed by atoms with van der Waals surface area (Å²) in [5.41, 5.74) is 3.63. The number of benzene rings is 2. The van der Waals surface area contributed by atoms with Gasteiger partial charge in [-0.05, 0) is 49.2 Å². The van der Waals surface area contributed by atoms with Crippen LogP contribution in [-0.2, 0) is 17.8 Å². The largest absolute Gasteiger partial charge is 0.493 e. The summed E-state index contributed by atoms with van der Waals surface area (Å²) in [5, 5.41) is 4.14. The van der Waals surface area contributed by atoms with Gasteiger partial charge in [0.2, 0.25) is 5.91 Å². The average Bonchev–Trinajstić information content (AvgIpc) is 3.16. The first-order valence-corrected chi connectivity index (χ1v) is 9.81. The van der Waals surface area contributed by atoms with Crippen LogP contribution in [0, 0.1) is 12.7 Å². The van der Waals surface area contributed by atoms with E-state index >= 15 is 0 Å². The summed E-state index contributed by atoms with van der Waals surface area (Å²) in [5.74, 6) is 1.26. The summed E-state index contributed by atoms with van der Waals surface area (Å²) < 4.78 is 24.5. The molecular weight excluding hydrogens is 371 g/mol. The summed E-state index contributed by atoms with van der Waals surface area (Å²) in [7, 11) is 0. The molecule has 0 bridgehead atoms. The molecule has 0 saturated carbocycles. The number of carbonyl (C=O) groups is 1. The SMILES string of the molecule is Cc1ccccc1OCCCC(=O)N1CCc2noc(-c3ccc(F)cc3)c2C1. The second kappa shape index (κ2) is 8.47. The molecule has 0 fully saturated rings. The predicted molar refractivity (Wildman–Crippen MR) is 107 cm³/mol. The zero-order chi connectivity index (χ0) is 20.2. The van der Waals surface area contributed by atoms with E-state index < -0.39 is 0 Å². The van der Waals surface area contributed by atoms with E-state index in [2.05, 4.69) is 5.16 Å². The highest BCUT2D eigenvalue weighted by Crippen LogP contribution is 2.31. The van der Waals surface area contributed by atoms with E-state index in [1.807, 2.05) is 36.1 Å². The number of amides is 1. The summed E-state index contributed by atoms with van der Waals surface area (Å²) >= 11 is 0. The number of ether oxygens (including phenoxy) is 1. The first-order valence-electron chi connectivity index (χ1n) is 9.81. The van der Waals surface area contributed by atoms with Crippen LogP contribution in [0.25, 0.3) is 11.3 Å². The van der Waals surface area contributed by atoms with Crippen LogP contribution in [0.2, 0.25) is 0 Å². The topological polar surface area (TPSA) is 55.6 Å². The van der Waals surface area contributed by atoms with Gasteiger partial charge in [-0.1, -0.05) is 23.4 Å². The molecule has 1 amide bonds. The highest BCUT2D eigenvalue weighted by Gasteiger charge is 2.27. The van der Waals surface area contributed by atoms with E-state index in [0.717, 1.165) is 28.1 Å². The lowest BCUT2D eigenvalue weighted by Crippen LogP contribution is -2.36. The van der Waals surface area contributed by atoms with Crippen molar-refractivity contribution in [3.63, 3.8) is 0 Å². The van der Waals surface area contributed by atoms with Gasteiger partial charge in [0.15, 0.2) is 5.76 Å². The molecule has 150 valence electrons. The molecule has 29 heavy (non-hydrogen) atoms. The quantitative estimate of drug-likeness (QED) is 0.576. The summed E-state index contributed by atoms with van der Waals surface area (Å²) in [6.45, 7) is 3.59. The van der Waals surface area contributed by atoms with Crippen molar-refractivity contribution in [1.82, 2.24) is 10.1 Å². The normalized spacial score (nSPS) is 13.2. The van der Waals surface area contributed by atoms with Crippen LogP contribution < -0.4 is 4.74 Å². The molecule has 0 atom stereocenters. The van der Waals surface area contributed by atoms with Gasteiger partial charge in [-0.2, -0.15) is 0 Å². The van der Waals surface area contributed by atoms with Crippen LogP contribution in [0.15, 0.2) is 53.1 Å². The zero-order valence-corrected chi connectivity index (χ0v) is 16.4. The van der Waals surface area contributed by atoms with E-state index in [4.69, 9.17) is 9.26 Å². The molecule has 0 radical (unpaired) electrons. The molecule has 0 saturated heterocycles. The maximum atomic E-state index is 13.2. The van der Waals surface area contributed by atoms with E-state index in [1.54, 1.807) is 12.1 Å². The van der Waals surface area contributed by atoms with Crippen LogP contribution in [0.1, 0.15) is 29.7 Å². The predicted octanol–water partition coefficient (Wildman–Crippen LogP) is 4.53. The molecular formula is C23H23FN2O3. The summed E-state index contributed by atoms with van der Waals surface area (Å²) in [6.07, 6.45) is 1.74. The van der Waals surface area contributed by atoms with Crippen molar-refractivity contribution >= 4 is 5.91 Å². The Labute approximate surface area is 169 Å². The Balaban J connectivity index is 1.34. The van der Waals surface area contributed by atoms with E-state index in [0.29, 0.717) is 44.7 Å². The van der Waals surface area contributed by atoms with Crippen molar-refractivity contribution in [3.05, 3.63) is 71.2 Å². The molecule has 0 unspecified atom stereocenters. The minimum absolute atomic E-state index is 0.0929. The lowest BCUT2D eigenvalue weighted by atomic mass is 10.0. The van der Waals surface area contributed by atoms with Crippen LogP contribution in [0.3, 0.4) is 0 Å². The van der Waals surface area contributed by atoms with Gasteiger partial charge in [-0.15, -0.1) is 0 Å². The molecule has 0 aliphatic carbocycles. The number of aryl methyl sites for hydroxylation is 1. The van der Waals surface area contributed by atoms with Gasteiger partial charge < -0.3 is 14.2 Å². The molecule has 1 aliphatic heterocycles. The lowest BCUT2D eigenvalue weighted by Gasteiger charge is -2.26. The Hall–Kier alpha value is -3.15. The molecule has 2 aromatic carbocycles. The standard InChI is InChI=1S/C23H23FN2O3/c1-16-5-2-3-6-21(16)28-14-4-7-22(27)26-13-12-20-19(15-26)23(29-25-20)17-8-10-18(24)11-9-17/h2-3,5-6,8-11H,4,7,12-15H2,1H3. The van der Waals surface area contributed by atoms with E-state index in [1.165, 1.54) is 12.1 Å². The first-order chi connectivity index (χ1) is 14.1. The van der Waals surface area contributed by atoms with Crippen molar-refractivity contribution in [3.8, 4) is 17.1 Å². The van der Waals surface area contributed by atoms with E-state index in [-0.39, 0.29) is 11.7 Å². The van der Waals surface area contributed by atoms with Crippen molar-refractivity contribution in [2.75, 3.05) is 13.2 Å². The Morgan fingerprint density at radius 1 is 1.21 bits per heavy atom. The zero-order valence-electron chi connectivity index (χ0n) is 16.4. The fourth-order valence-corrected chi connectivity index (χ4v) is 3.54. The number of hydrogen-bond donors (Lipinski definition) is 0. The maximum absolute atomic E-state index is 13.2. The molecule has 2 heterocycles. The lowest BCUT2D eigenvalue weighted by molar-refractivity contribution is -0.132. The number of halogens is 1. The Bertz CT molecular complexity index is 998. The minimum Gasteiger partial charge on any atom is -0.493 e. The molecule has 1 aliphatic rings. The van der Waals surface area contributed by atoms with Crippen molar-refractivity contribution in [2.45, 2.75) is 32.7 Å². The van der Waals surface area contributed by atoms with E-state index in [9.17, 15) is 9.18 Å².